The van der Waals surface area contributed by atoms with E-state index < -0.39 is 0 Å². The molecule has 0 aliphatic carbocycles. The molecule has 0 saturated carbocycles. The third-order valence-electron chi connectivity index (χ3n) is 4.20. The van der Waals surface area contributed by atoms with Crippen LogP contribution >= 0.6 is 23.6 Å². The number of nitrogens with zero attached hydrogens (tertiary/aromatic N) is 4. The molecule has 5 nitrogen and oxygen atoms in total. The monoisotopic (exact) mass is 346 g/mol. The molecule has 23 heavy (non-hydrogen) atoms. The first-order chi connectivity index (χ1) is 11.3. The van der Waals surface area contributed by atoms with Crippen LogP contribution < -0.4 is 0 Å². The zero-order valence-electron chi connectivity index (χ0n) is 12.9. The fourth-order valence-corrected chi connectivity index (χ4v) is 4.23. The third kappa shape index (κ3) is 2.69. The van der Waals surface area contributed by atoms with Gasteiger partial charge in [0.25, 0.3) is 0 Å². The van der Waals surface area contributed by atoms with Gasteiger partial charge in [0.2, 0.25) is 0 Å². The minimum absolute atomic E-state index is 0.717. The van der Waals surface area contributed by atoms with Crippen molar-refractivity contribution in [2.24, 2.45) is 0 Å². The first-order valence-corrected chi connectivity index (χ1v) is 9.04. The zero-order chi connectivity index (χ0) is 15.8. The molecule has 0 bridgehead atoms. The number of fused-ring (bicyclic) bond motifs is 1. The second-order valence-electron chi connectivity index (χ2n) is 5.64. The van der Waals surface area contributed by atoms with Crippen molar-refractivity contribution in [1.29, 1.82) is 0 Å². The van der Waals surface area contributed by atoms with Crippen LogP contribution in [0.3, 0.4) is 0 Å². The number of hydrogen-bond acceptors (Lipinski definition) is 5. The molecule has 0 atom stereocenters. The van der Waals surface area contributed by atoms with Crippen LogP contribution in [0.1, 0.15) is 17.4 Å². The molecule has 0 fully saturated rings. The third-order valence-corrected chi connectivity index (χ3v) is 5.66. The standard InChI is InChI=1S/C16H18N4OS2/c1-2-19-15(13-4-3-8-21-13)17-20(16(19)22)11-18-7-5-14-12(10-18)6-9-23-14/h3-4,6,8-9H,2,5,7,10-11H2,1H3. The summed E-state index contributed by atoms with van der Waals surface area (Å²) in [5.41, 5.74) is 1.44. The van der Waals surface area contributed by atoms with E-state index in [2.05, 4.69) is 23.3 Å². The number of furan rings is 1. The lowest BCUT2D eigenvalue weighted by Gasteiger charge is -2.26. The summed E-state index contributed by atoms with van der Waals surface area (Å²) in [6.45, 7) is 5.59. The van der Waals surface area contributed by atoms with E-state index in [1.165, 1.54) is 10.4 Å². The Morgan fingerprint density at radius 2 is 2.30 bits per heavy atom. The lowest BCUT2D eigenvalue weighted by atomic mass is 10.1. The van der Waals surface area contributed by atoms with Crippen molar-refractivity contribution >= 4 is 23.6 Å². The van der Waals surface area contributed by atoms with Gasteiger partial charge in [-0.3, -0.25) is 9.47 Å². The molecule has 7 heteroatoms. The summed E-state index contributed by atoms with van der Waals surface area (Å²) in [6, 6.07) is 6.02. The first kappa shape index (κ1) is 14.9. The topological polar surface area (TPSA) is 39.1 Å². The molecule has 4 rings (SSSR count). The Labute approximate surface area is 143 Å². The molecule has 120 valence electrons. The fraction of sp³-hybridized carbons (Fsp3) is 0.375. The Morgan fingerprint density at radius 1 is 1.39 bits per heavy atom. The summed E-state index contributed by atoms with van der Waals surface area (Å²) in [5, 5.41) is 6.88. The zero-order valence-corrected chi connectivity index (χ0v) is 14.6. The van der Waals surface area contributed by atoms with Gasteiger partial charge in [0.15, 0.2) is 16.4 Å². The van der Waals surface area contributed by atoms with E-state index in [0.717, 1.165) is 49.1 Å². The maximum Gasteiger partial charge on any atom is 0.199 e. The van der Waals surface area contributed by atoms with Crippen LogP contribution in [0.4, 0.5) is 0 Å². The molecule has 0 N–H and O–H groups in total. The second-order valence-corrected chi connectivity index (χ2v) is 7.01. The number of thiophene rings is 1. The Bertz CT molecular complexity index is 859. The average molecular weight is 346 g/mol. The van der Waals surface area contributed by atoms with Crippen LogP contribution in [0.2, 0.25) is 0 Å². The van der Waals surface area contributed by atoms with E-state index >= 15 is 0 Å². The van der Waals surface area contributed by atoms with Gasteiger partial charge >= 0.3 is 0 Å². The molecule has 0 aromatic carbocycles. The quantitative estimate of drug-likeness (QED) is 0.674. The van der Waals surface area contributed by atoms with E-state index in [0.29, 0.717) is 0 Å². The van der Waals surface area contributed by atoms with Gasteiger partial charge in [-0.2, -0.15) is 0 Å². The molecule has 0 saturated heterocycles. The number of aromatic nitrogens is 3. The lowest BCUT2D eigenvalue weighted by molar-refractivity contribution is 0.189. The van der Waals surface area contributed by atoms with Gasteiger partial charge in [-0.25, -0.2) is 4.68 Å². The molecule has 0 unspecified atom stereocenters. The highest BCUT2D eigenvalue weighted by molar-refractivity contribution is 7.71. The molecule has 3 aromatic heterocycles. The predicted molar refractivity (Wildman–Crippen MR) is 92.9 cm³/mol. The summed E-state index contributed by atoms with van der Waals surface area (Å²) in [4.78, 5) is 3.91. The highest BCUT2D eigenvalue weighted by Gasteiger charge is 2.20. The molecule has 3 aromatic rings. The summed E-state index contributed by atoms with van der Waals surface area (Å²) >= 11 is 7.47. The van der Waals surface area contributed by atoms with Gasteiger partial charge < -0.3 is 4.42 Å². The van der Waals surface area contributed by atoms with E-state index in [4.69, 9.17) is 21.7 Å². The van der Waals surface area contributed by atoms with Gasteiger partial charge in [-0.1, -0.05) is 0 Å². The normalized spacial score (nSPS) is 15.0. The van der Waals surface area contributed by atoms with Crippen LogP contribution in [-0.2, 0) is 26.2 Å². The first-order valence-electron chi connectivity index (χ1n) is 7.75. The second kappa shape index (κ2) is 6.07. The maximum atomic E-state index is 5.61. The average Bonchev–Trinajstić information content (AvgIpc) is 3.28. The molecule has 1 aliphatic rings. The maximum absolute atomic E-state index is 5.61. The highest BCUT2D eigenvalue weighted by Crippen LogP contribution is 2.25. The molecular weight excluding hydrogens is 328 g/mol. The Balaban J connectivity index is 1.62. The van der Waals surface area contributed by atoms with Crippen LogP contribution in [0, 0.1) is 4.77 Å². The highest BCUT2D eigenvalue weighted by atomic mass is 32.1. The number of rotatable bonds is 4. The van der Waals surface area contributed by atoms with Crippen molar-refractivity contribution < 1.29 is 4.42 Å². The van der Waals surface area contributed by atoms with E-state index in [1.807, 2.05) is 32.7 Å². The van der Waals surface area contributed by atoms with Crippen molar-refractivity contribution in [3.8, 4) is 11.6 Å². The molecule has 4 heterocycles. The molecule has 0 spiro atoms. The smallest absolute Gasteiger partial charge is 0.199 e. The fourth-order valence-electron chi connectivity index (χ4n) is 3.02. The van der Waals surface area contributed by atoms with Gasteiger partial charge in [-0.05, 0) is 54.7 Å². The van der Waals surface area contributed by atoms with Crippen LogP contribution in [0.25, 0.3) is 11.6 Å². The minimum atomic E-state index is 0.717. The summed E-state index contributed by atoms with van der Waals surface area (Å²) in [7, 11) is 0. The Hall–Kier alpha value is -1.70. The van der Waals surface area contributed by atoms with Crippen molar-refractivity contribution in [2.45, 2.75) is 33.1 Å². The predicted octanol–water partition coefficient (Wildman–Crippen LogP) is 3.77. The van der Waals surface area contributed by atoms with Gasteiger partial charge in [-0.15, -0.1) is 16.4 Å². The van der Waals surface area contributed by atoms with E-state index in [1.54, 1.807) is 6.26 Å². The number of hydrogen-bond donors (Lipinski definition) is 0. The van der Waals surface area contributed by atoms with Crippen LogP contribution in [-0.4, -0.2) is 25.8 Å². The largest absolute Gasteiger partial charge is 0.461 e. The van der Waals surface area contributed by atoms with Gasteiger partial charge in [0, 0.05) is 24.5 Å². The van der Waals surface area contributed by atoms with Crippen LogP contribution in [0.15, 0.2) is 34.3 Å². The molecular formula is C16H18N4OS2. The summed E-state index contributed by atoms with van der Waals surface area (Å²) in [6.07, 6.45) is 2.78. The van der Waals surface area contributed by atoms with Gasteiger partial charge in [0.1, 0.15) is 0 Å². The summed E-state index contributed by atoms with van der Waals surface area (Å²) in [5.74, 6) is 1.56. The van der Waals surface area contributed by atoms with Crippen molar-refractivity contribution in [3.05, 3.63) is 45.1 Å². The van der Waals surface area contributed by atoms with Crippen LogP contribution in [0.5, 0.6) is 0 Å². The molecule has 0 radical (unpaired) electrons. The van der Waals surface area contributed by atoms with Crippen molar-refractivity contribution in [3.63, 3.8) is 0 Å². The van der Waals surface area contributed by atoms with E-state index in [-0.39, 0.29) is 0 Å². The lowest BCUT2D eigenvalue weighted by Crippen LogP contribution is -2.32. The van der Waals surface area contributed by atoms with E-state index in [9.17, 15) is 0 Å². The minimum Gasteiger partial charge on any atom is -0.461 e. The molecule has 1 aliphatic heterocycles. The Morgan fingerprint density at radius 3 is 3.09 bits per heavy atom. The SMILES string of the molecule is CCn1c(-c2ccco2)nn(CN2CCc3sccc3C2)c1=S. The Kier molecular flexibility index (Phi) is 3.92. The van der Waals surface area contributed by atoms with Crippen molar-refractivity contribution in [1.82, 2.24) is 19.2 Å². The van der Waals surface area contributed by atoms with Gasteiger partial charge in [0.05, 0.1) is 12.9 Å². The molecule has 0 amide bonds. The summed E-state index contributed by atoms with van der Waals surface area (Å²) < 4.78 is 10.2. The van der Waals surface area contributed by atoms with Crippen molar-refractivity contribution in [2.75, 3.05) is 6.54 Å².